The summed E-state index contributed by atoms with van der Waals surface area (Å²) in [6.45, 7) is 1.75. The van der Waals surface area contributed by atoms with Crippen LogP contribution in [0, 0.1) is 0 Å². The summed E-state index contributed by atoms with van der Waals surface area (Å²) >= 11 is 6.05. The molecule has 0 saturated carbocycles. The molecule has 1 radical (unpaired) electrons. The van der Waals surface area contributed by atoms with Crippen LogP contribution in [0.3, 0.4) is 0 Å². The van der Waals surface area contributed by atoms with E-state index in [9.17, 15) is 0 Å². The second-order valence-corrected chi connectivity index (χ2v) is 4.66. The van der Waals surface area contributed by atoms with Crippen molar-refractivity contribution in [2.45, 2.75) is 18.8 Å². The molecule has 93 valence electrons. The number of hydrogen-bond acceptors (Lipinski definition) is 4. The minimum Gasteiger partial charge on any atom is -0.339 e. The molecular formula is C12H12ClN4O. The Morgan fingerprint density at radius 2 is 2.11 bits per heavy atom. The van der Waals surface area contributed by atoms with E-state index in [0.717, 1.165) is 31.5 Å². The molecule has 1 saturated heterocycles. The summed E-state index contributed by atoms with van der Waals surface area (Å²) in [6, 6.07) is 1.78. The first-order valence-electron chi connectivity index (χ1n) is 5.91. The van der Waals surface area contributed by atoms with Gasteiger partial charge in [-0.25, -0.2) is 5.32 Å². The Morgan fingerprint density at radius 3 is 2.89 bits per heavy atom. The van der Waals surface area contributed by atoms with E-state index in [4.69, 9.17) is 16.1 Å². The van der Waals surface area contributed by atoms with Gasteiger partial charge in [0.15, 0.2) is 0 Å². The van der Waals surface area contributed by atoms with Gasteiger partial charge in [-0.1, -0.05) is 16.8 Å². The van der Waals surface area contributed by atoms with Crippen LogP contribution in [0.4, 0.5) is 0 Å². The zero-order valence-electron chi connectivity index (χ0n) is 9.71. The van der Waals surface area contributed by atoms with Gasteiger partial charge in [0.1, 0.15) is 0 Å². The molecule has 6 heteroatoms. The van der Waals surface area contributed by atoms with Gasteiger partial charge in [-0.05, 0) is 18.9 Å². The van der Waals surface area contributed by atoms with Crippen LogP contribution < -0.4 is 5.32 Å². The zero-order valence-corrected chi connectivity index (χ0v) is 10.5. The highest BCUT2D eigenvalue weighted by Crippen LogP contribution is 2.28. The molecule has 18 heavy (non-hydrogen) atoms. The standard InChI is InChI=1S/C12H12ClN4O/c13-10-7-15-6-3-9(10)11-16-12(18-17-11)8-1-4-14-5-2-8/h3,6-8H,1-2,4-5H2. The van der Waals surface area contributed by atoms with Gasteiger partial charge in [-0.15, -0.1) is 0 Å². The van der Waals surface area contributed by atoms with E-state index >= 15 is 0 Å². The Kier molecular flexibility index (Phi) is 3.25. The number of aromatic nitrogens is 3. The minimum absolute atomic E-state index is 0.323. The Morgan fingerprint density at radius 1 is 1.28 bits per heavy atom. The summed E-state index contributed by atoms with van der Waals surface area (Å²) in [5, 5.41) is 8.84. The van der Waals surface area contributed by atoms with Crippen molar-refractivity contribution in [3.8, 4) is 11.4 Å². The fraction of sp³-hybridized carbons (Fsp3) is 0.417. The smallest absolute Gasteiger partial charge is 0.230 e. The third-order valence-electron chi connectivity index (χ3n) is 3.08. The second kappa shape index (κ2) is 5.04. The molecule has 3 heterocycles. The van der Waals surface area contributed by atoms with Crippen LogP contribution in [0.5, 0.6) is 0 Å². The molecule has 0 atom stereocenters. The van der Waals surface area contributed by atoms with Gasteiger partial charge < -0.3 is 4.52 Å². The van der Waals surface area contributed by atoms with Gasteiger partial charge in [0.25, 0.3) is 0 Å². The van der Waals surface area contributed by atoms with E-state index in [2.05, 4.69) is 20.4 Å². The van der Waals surface area contributed by atoms with Crippen LogP contribution >= 0.6 is 11.6 Å². The first kappa shape index (κ1) is 11.6. The molecule has 1 aliphatic rings. The van der Waals surface area contributed by atoms with E-state index in [1.54, 1.807) is 18.5 Å². The van der Waals surface area contributed by atoms with Gasteiger partial charge in [0.2, 0.25) is 11.7 Å². The molecule has 1 aliphatic heterocycles. The van der Waals surface area contributed by atoms with E-state index in [1.165, 1.54) is 0 Å². The van der Waals surface area contributed by atoms with E-state index < -0.39 is 0 Å². The lowest BCUT2D eigenvalue weighted by atomic mass is 9.98. The molecular weight excluding hydrogens is 252 g/mol. The fourth-order valence-corrected chi connectivity index (χ4v) is 2.27. The van der Waals surface area contributed by atoms with Crippen LogP contribution in [-0.4, -0.2) is 28.2 Å². The normalized spacial score (nSPS) is 16.9. The van der Waals surface area contributed by atoms with Gasteiger partial charge in [0, 0.05) is 37.0 Å². The van der Waals surface area contributed by atoms with Crippen LogP contribution in [0.25, 0.3) is 11.4 Å². The summed E-state index contributed by atoms with van der Waals surface area (Å²) in [4.78, 5) is 8.37. The number of pyridine rings is 1. The predicted octanol–water partition coefficient (Wildman–Crippen LogP) is 2.27. The SMILES string of the molecule is Clc1cnccc1-c1noc(C2CC[N]CC2)n1. The van der Waals surface area contributed by atoms with Gasteiger partial charge in [0.05, 0.1) is 5.02 Å². The average molecular weight is 264 g/mol. The maximum absolute atomic E-state index is 6.05. The third-order valence-corrected chi connectivity index (χ3v) is 3.38. The van der Waals surface area contributed by atoms with Crippen LogP contribution in [-0.2, 0) is 0 Å². The topological polar surface area (TPSA) is 65.9 Å². The predicted molar refractivity (Wildman–Crippen MR) is 66.4 cm³/mol. The molecule has 2 aromatic heterocycles. The minimum atomic E-state index is 0.323. The fourth-order valence-electron chi connectivity index (χ4n) is 2.06. The van der Waals surface area contributed by atoms with E-state index in [-0.39, 0.29) is 0 Å². The van der Waals surface area contributed by atoms with Crippen molar-refractivity contribution in [1.82, 2.24) is 20.4 Å². The summed E-state index contributed by atoms with van der Waals surface area (Å²) < 4.78 is 5.33. The number of nitrogens with zero attached hydrogens (tertiary/aromatic N) is 4. The molecule has 2 aromatic rings. The highest BCUT2D eigenvalue weighted by atomic mass is 35.5. The molecule has 0 amide bonds. The van der Waals surface area contributed by atoms with E-state index in [0.29, 0.717) is 22.7 Å². The van der Waals surface area contributed by atoms with Crippen molar-refractivity contribution in [2.75, 3.05) is 13.1 Å². The summed E-state index contributed by atoms with van der Waals surface area (Å²) in [6.07, 6.45) is 5.20. The van der Waals surface area contributed by atoms with Crippen molar-refractivity contribution >= 4 is 11.6 Å². The van der Waals surface area contributed by atoms with Crippen molar-refractivity contribution in [3.05, 3.63) is 29.4 Å². The Balaban J connectivity index is 1.87. The van der Waals surface area contributed by atoms with Gasteiger partial charge in [-0.3, -0.25) is 4.98 Å². The molecule has 1 fully saturated rings. The van der Waals surface area contributed by atoms with Crippen LogP contribution in [0.1, 0.15) is 24.7 Å². The zero-order chi connectivity index (χ0) is 12.4. The van der Waals surface area contributed by atoms with Crippen LogP contribution in [0.2, 0.25) is 5.02 Å². The first-order chi connectivity index (χ1) is 8.84. The molecule has 0 unspecified atom stereocenters. The first-order valence-corrected chi connectivity index (χ1v) is 6.29. The summed E-state index contributed by atoms with van der Waals surface area (Å²) in [5.41, 5.74) is 0.752. The summed E-state index contributed by atoms with van der Waals surface area (Å²) in [7, 11) is 0. The van der Waals surface area contributed by atoms with Crippen molar-refractivity contribution in [1.29, 1.82) is 0 Å². The lowest BCUT2D eigenvalue weighted by Gasteiger charge is -2.17. The third kappa shape index (κ3) is 2.23. The largest absolute Gasteiger partial charge is 0.339 e. The number of piperidine rings is 1. The molecule has 0 aromatic carbocycles. The lowest BCUT2D eigenvalue weighted by Crippen LogP contribution is -2.21. The molecule has 3 rings (SSSR count). The Labute approximate surface area is 110 Å². The highest BCUT2D eigenvalue weighted by molar-refractivity contribution is 6.33. The lowest BCUT2D eigenvalue weighted by molar-refractivity contribution is 0.319. The molecule has 0 aliphatic carbocycles. The Hall–Kier alpha value is -1.46. The molecule has 0 spiro atoms. The maximum atomic E-state index is 6.05. The number of hydrogen-bond donors (Lipinski definition) is 0. The van der Waals surface area contributed by atoms with Crippen molar-refractivity contribution in [3.63, 3.8) is 0 Å². The highest BCUT2D eigenvalue weighted by Gasteiger charge is 2.22. The van der Waals surface area contributed by atoms with Gasteiger partial charge in [-0.2, -0.15) is 4.98 Å². The van der Waals surface area contributed by atoms with Crippen molar-refractivity contribution < 1.29 is 4.52 Å². The Bertz CT molecular complexity index is 536. The maximum Gasteiger partial charge on any atom is 0.230 e. The quantitative estimate of drug-likeness (QED) is 0.834. The average Bonchev–Trinajstić information content (AvgIpc) is 2.90. The molecule has 5 nitrogen and oxygen atoms in total. The number of rotatable bonds is 2. The van der Waals surface area contributed by atoms with Crippen molar-refractivity contribution in [2.24, 2.45) is 0 Å². The molecule has 0 N–H and O–H groups in total. The van der Waals surface area contributed by atoms with Crippen LogP contribution in [0.15, 0.2) is 23.0 Å². The van der Waals surface area contributed by atoms with E-state index in [1.807, 2.05) is 0 Å². The molecule has 0 bridgehead atoms. The summed E-state index contributed by atoms with van der Waals surface area (Å²) in [5.74, 6) is 1.54. The number of halogens is 1. The second-order valence-electron chi connectivity index (χ2n) is 4.26. The monoisotopic (exact) mass is 263 g/mol. The van der Waals surface area contributed by atoms with Gasteiger partial charge >= 0.3 is 0 Å².